The lowest BCUT2D eigenvalue weighted by atomic mass is 10.1. The summed E-state index contributed by atoms with van der Waals surface area (Å²) in [7, 11) is 0. The fourth-order valence-electron chi connectivity index (χ4n) is 3.37. The highest BCUT2D eigenvalue weighted by atomic mass is 32.2. The lowest BCUT2D eigenvalue weighted by molar-refractivity contribution is -0.149. The van der Waals surface area contributed by atoms with Gasteiger partial charge in [0, 0.05) is 31.0 Å². The highest BCUT2D eigenvalue weighted by Crippen LogP contribution is 2.16. The van der Waals surface area contributed by atoms with E-state index < -0.39 is 12.1 Å². The molecule has 0 aliphatic heterocycles. The average molecular weight is 503 g/mol. The van der Waals surface area contributed by atoms with Crippen LogP contribution in [0, 0.1) is 6.92 Å². The summed E-state index contributed by atoms with van der Waals surface area (Å²) >= 11 is 1.86. The van der Waals surface area contributed by atoms with Crippen LogP contribution in [0.25, 0.3) is 0 Å². The van der Waals surface area contributed by atoms with E-state index in [1.807, 2.05) is 67.2 Å². The molecule has 2 aromatic rings. The number of carbonyl (C=O) groups excluding carboxylic acids is 1. The molecular formula is C27H38N2O5S. The molecule has 0 aromatic heterocycles. The van der Waals surface area contributed by atoms with E-state index in [1.165, 1.54) is 12.8 Å². The van der Waals surface area contributed by atoms with E-state index in [2.05, 4.69) is 12.2 Å². The first kappa shape index (κ1) is 28.5. The van der Waals surface area contributed by atoms with Gasteiger partial charge in [-0.25, -0.2) is 9.59 Å². The number of rotatable bonds is 16. The zero-order valence-electron chi connectivity index (χ0n) is 21.0. The number of aliphatic carboxylic acids is 1. The van der Waals surface area contributed by atoms with E-state index in [4.69, 9.17) is 9.47 Å². The van der Waals surface area contributed by atoms with Crippen LogP contribution in [-0.2, 0) is 16.0 Å². The lowest BCUT2D eigenvalue weighted by Gasteiger charge is -2.23. The van der Waals surface area contributed by atoms with Crippen LogP contribution >= 0.6 is 11.8 Å². The van der Waals surface area contributed by atoms with Crippen molar-refractivity contribution in [3.63, 3.8) is 0 Å². The fourth-order valence-corrected chi connectivity index (χ4v) is 4.42. The van der Waals surface area contributed by atoms with Gasteiger partial charge in [0.05, 0.1) is 6.54 Å². The normalized spacial score (nSPS) is 11.6. The standard InChI is InChI=1S/C27H38N2O5S/c1-4-6-18-35-19-16-29(27(32)28-24-10-8-7-9-21(24)3)15-17-34-23-13-11-22(12-14-23)20-25(26(30)31)33-5-2/h7-14,25H,4-6,15-20H2,1-3H3,(H,28,32)(H,30,31). The molecule has 2 aromatic carbocycles. The summed E-state index contributed by atoms with van der Waals surface area (Å²) in [6.45, 7) is 7.74. The lowest BCUT2D eigenvalue weighted by Crippen LogP contribution is -2.39. The predicted molar refractivity (Wildman–Crippen MR) is 143 cm³/mol. The third-order valence-corrected chi connectivity index (χ3v) is 6.49. The number of thioether (sulfide) groups is 1. The number of urea groups is 1. The number of anilines is 1. The van der Waals surface area contributed by atoms with Crippen molar-refractivity contribution in [2.24, 2.45) is 0 Å². The molecule has 2 amide bonds. The molecule has 0 fully saturated rings. The molecule has 0 saturated carbocycles. The van der Waals surface area contributed by atoms with E-state index in [1.54, 1.807) is 11.8 Å². The quantitative estimate of drug-likeness (QED) is 0.296. The van der Waals surface area contributed by atoms with Crippen molar-refractivity contribution >= 4 is 29.4 Å². The number of aryl methyl sites for hydroxylation is 1. The predicted octanol–water partition coefficient (Wildman–Crippen LogP) is 5.47. The second-order valence-electron chi connectivity index (χ2n) is 8.18. The third kappa shape index (κ3) is 10.6. The number of hydrogen-bond acceptors (Lipinski definition) is 5. The van der Waals surface area contributed by atoms with Gasteiger partial charge in [0.25, 0.3) is 0 Å². The molecule has 0 radical (unpaired) electrons. The van der Waals surface area contributed by atoms with Crippen molar-refractivity contribution in [2.45, 2.75) is 46.1 Å². The van der Waals surface area contributed by atoms with E-state index in [0.29, 0.717) is 38.5 Å². The Balaban J connectivity index is 1.91. The smallest absolute Gasteiger partial charge is 0.333 e. The van der Waals surface area contributed by atoms with E-state index >= 15 is 0 Å². The van der Waals surface area contributed by atoms with Crippen molar-refractivity contribution in [3.8, 4) is 5.75 Å². The Morgan fingerprint density at radius 3 is 2.46 bits per heavy atom. The molecule has 1 atom stereocenters. The van der Waals surface area contributed by atoms with Gasteiger partial charge in [0.2, 0.25) is 0 Å². The molecule has 0 aliphatic carbocycles. The Hall–Kier alpha value is -2.71. The summed E-state index contributed by atoms with van der Waals surface area (Å²) in [5.74, 6) is 1.68. The average Bonchev–Trinajstić information content (AvgIpc) is 2.84. The Kier molecular flexibility index (Phi) is 13.1. The highest BCUT2D eigenvalue weighted by Gasteiger charge is 2.18. The first-order valence-electron chi connectivity index (χ1n) is 12.2. The minimum Gasteiger partial charge on any atom is -0.492 e. The van der Waals surface area contributed by atoms with Gasteiger partial charge in [-0.2, -0.15) is 11.8 Å². The largest absolute Gasteiger partial charge is 0.492 e. The molecule has 192 valence electrons. The van der Waals surface area contributed by atoms with Crippen LogP contribution in [0.1, 0.15) is 37.8 Å². The van der Waals surface area contributed by atoms with Gasteiger partial charge >= 0.3 is 12.0 Å². The number of nitrogens with one attached hydrogen (secondary N) is 1. The third-order valence-electron chi connectivity index (χ3n) is 5.44. The summed E-state index contributed by atoms with van der Waals surface area (Å²) in [5.41, 5.74) is 2.69. The van der Waals surface area contributed by atoms with Gasteiger partial charge in [0.15, 0.2) is 6.10 Å². The monoisotopic (exact) mass is 502 g/mol. The molecule has 35 heavy (non-hydrogen) atoms. The van der Waals surface area contributed by atoms with Crippen molar-refractivity contribution in [2.75, 3.05) is 43.1 Å². The van der Waals surface area contributed by atoms with Crippen molar-refractivity contribution < 1.29 is 24.2 Å². The molecule has 2 rings (SSSR count). The minimum absolute atomic E-state index is 0.134. The topological polar surface area (TPSA) is 88.1 Å². The molecule has 7 nitrogen and oxygen atoms in total. The van der Waals surface area contributed by atoms with Gasteiger partial charge in [-0.05, 0) is 55.3 Å². The molecule has 0 spiro atoms. The Bertz CT molecular complexity index is 907. The van der Waals surface area contributed by atoms with Gasteiger partial charge in [-0.1, -0.05) is 43.7 Å². The van der Waals surface area contributed by atoms with Gasteiger partial charge in [-0.3, -0.25) is 0 Å². The van der Waals surface area contributed by atoms with Gasteiger partial charge < -0.3 is 24.8 Å². The highest BCUT2D eigenvalue weighted by molar-refractivity contribution is 7.99. The van der Waals surface area contributed by atoms with E-state index in [-0.39, 0.29) is 6.03 Å². The summed E-state index contributed by atoms with van der Waals surface area (Å²) in [6.07, 6.45) is 1.78. The molecule has 0 aliphatic rings. The number of amides is 2. The summed E-state index contributed by atoms with van der Waals surface area (Å²) in [5, 5.41) is 12.3. The van der Waals surface area contributed by atoms with Crippen LogP contribution in [-0.4, -0.2) is 65.9 Å². The maximum absolute atomic E-state index is 13.0. The first-order chi connectivity index (χ1) is 16.9. The number of nitrogens with zero attached hydrogens (tertiary/aromatic N) is 1. The second kappa shape index (κ2) is 16.1. The Labute approximate surface area is 213 Å². The SMILES string of the molecule is CCCCSCCN(CCOc1ccc(CC(OCC)C(=O)O)cc1)C(=O)Nc1ccccc1C. The van der Waals surface area contributed by atoms with Crippen LogP contribution in [0.4, 0.5) is 10.5 Å². The van der Waals surface area contributed by atoms with Gasteiger partial charge in [0.1, 0.15) is 12.4 Å². The second-order valence-corrected chi connectivity index (χ2v) is 9.40. The zero-order valence-corrected chi connectivity index (χ0v) is 21.8. The van der Waals surface area contributed by atoms with Crippen LogP contribution in [0.15, 0.2) is 48.5 Å². The number of benzene rings is 2. The van der Waals surface area contributed by atoms with Gasteiger partial charge in [-0.15, -0.1) is 0 Å². The Morgan fingerprint density at radius 2 is 1.80 bits per heavy atom. The van der Waals surface area contributed by atoms with Crippen LogP contribution in [0.3, 0.4) is 0 Å². The number of unbranched alkanes of at least 4 members (excludes halogenated alkanes) is 1. The van der Waals surface area contributed by atoms with Crippen LogP contribution < -0.4 is 10.1 Å². The minimum atomic E-state index is -0.968. The summed E-state index contributed by atoms with van der Waals surface area (Å²) in [6, 6.07) is 14.9. The number of hydrogen-bond donors (Lipinski definition) is 2. The maximum atomic E-state index is 13.0. The molecule has 8 heteroatoms. The first-order valence-corrected chi connectivity index (χ1v) is 13.4. The molecule has 0 bridgehead atoms. The zero-order chi connectivity index (χ0) is 25.5. The molecule has 0 heterocycles. The van der Waals surface area contributed by atoms with Crippen LogP contribution in [0.5, 0.6) is 5.75 Å². The summed E-state index contributed by atoms with van der Waals surface area (Å²) < 4.78 is 11.2. The fraction of sp³-hybridized carbons (Fsp3) is 0.481. The number of carboxylic acids is 1. The number of ether oxygens (including phenoxy) is 2. The van der Waals surface area contributed by atoms with Crippen molar-refractivity contribution in [1.29, 1.82) is 0 Å². The van der Waals surface area contributed by atoms with Crippen molar-refractivity contribution in [1.82, 2.24) is 4.90 Å². The Morgan fingerprint density at radius 1 is 1.06 bits per heavy atom. The molecule has 1 unspecified atom stereocenters. The number of carboxylic acid groups (broad SMARTS) is 1. The van der Waals surface area contributed by atoms with E-state index in [9.17, 15) is 14.7 Å². The maximum Gasteiger partial charge on any atom is 0.333 e. The summed E-state index contributed by atoms with van der Waals surface area (Å²) in [4.78, 5) is 26.1. The molecular weight excluding hydrogens is 464 g/mol. The van der Waals surface area contributed by atoms with Crippen LogP contribution in [0.2, 0.25) is 0 Å². The molecule has 0 saturated heterocycles. The number of para-hydroxylation sites is 1. The van der Waals surface area contributed by atoms with E-state index in [0.717, 1.165) is 28.3 Å². The molecule has 2 N–H and O–H groups in total. The number of carbonyl (C=O) groups is 2. The van der Waals surface area contributed by atoms with Crippen molar-refractivity contribution in [3.05, 3.63) is 59.7 Å².